The number of allylic oxidation sites excluding steroid dienone is 1. The molecule has 10 nitrogen and oxygen atoms in total. The molecule has 0 aromatic carbocycles. The number of halogens is 1. The van der Waals surface area contributed by atoms with E-state index in [1.165, 1.54) is 18.5 Å². The average Bonchev–Trinajstić information content (AvgIpc) is 2.83. The first-order chi connectivity index (χ1) is 16.3. The monoisotopic (exact) mass is 482 g/mol. The second-order valence-electron chi connectivity index (χ2n) is 8.64. The number of hydrogen-bond donors (Lipinski definition) is 5. The van der Waals surface area contributed by atoms with Crippen LogP contribution in [0.25, 0.3) is 5.57 Å². The molecule has 2 unspecified atom stereocenters. The molecule has 11 heteroatoms. The lowest BCUT2D eigenvalue weighted by molar-refractivity contribution is -0.148. The Balaban J connectivity index is 1.77. The molecule has 34 heavy (non-hydrogen) atoms. The molecule has 0 radical (unpaired) electrons. The van der Waals surface area contributed by atoms with Crippen LogP contribution in [0.4, 0.5) is 11.6 Å². The van der Waals surface area contributed by atoms with Crippen LogP contribution in [-0.2, 0) is 4.79 Å². The summed E-state index contributed by atoms with van der Waals surface area (Å²) in [5, 5.41) is 22.3. The van der Waals surface area contributed by atoms with Gasteiger partial charge in [0.2, 0.25) is 0 Å². The third-order valence-electron chi connectivity index (χ3n) is 6.67. The van der Waals surface area contributed by atoms with Crippen molar-refractivity contribution in [1.82, 2.24) is 15.0 Å². The van der Waals surface area contributed by atoms with E-state index in [2.05, 4.69) is 25.3 Å². The fourth-order valence-corrected chi connectivity index (χ4v) is 5.23. The highest BCUT2D eigenvalue weighted by Gasteiger charge is 2.47. The summed E-state index contributed by atoms with van der Waals surface area (Å²) in [6, 6.07) is 2.96. The van der Waals surface area contributed by atoms with Crippen LogP contribution >= 0.6 is 11.6 Å². The zero-order valence-corrected chi connectivity index (χ0v) is 19.5. The SMILES string of the molecule is CN=CC(=CN)c1cc(NC2C3CCC(CC3)C2C(=O)O)nc(C(=N)c2cc(Cl)cnc2N)n1. The van der Waals surface area contributed by atoms with Gasteiger partial charge in [-0.15, -0.1) is 0 Å². The van der Waals surface area contributed by atoms with Gasteiger partial charge in [-0.25, -0.2) is 15.0 Å². The van der Waals surface area contributed by atoms with Crippen LogP contribution in [0.3, 0.4) is 0 Å². The van der Waals surface area contributed by atoms with Crippen molar-refractivity contribution in [3.05, 3.63) is 46.6 Å². The minimum absolute atomic E-state index is 0.0674. The van der Waals surface area contributed by atoms with Gasteiger partial charge in [-0.1, -0.05) is 11.6 Å². The molecular weight excluding hydrogens is 456 g/mol. The van der Waals surface area contributed by atoms with Crippen LogP contribution in [0, 0.1) is 23.2 Å². The van der Waals surface area contributed by atoms with E-state index in [4.69, 9.17) is 28.5 Å². The lowest BCUT2D eigenvalue weighted by Gasteiger charge is -2.47. The molecule has 3 aliphatic carbocycles. The molecule has 5 rings (SSSR count). The molecule has 0 amide bonds. The second-order valence-corrected chi connectivity index (χ2v) is 9.08. The predicted molar refractivity (Wildman–Crippen MR) is 132 cm³/mol. The lowest BCUT2D eigenvalue weighted by atomic mass is 9.61. The number of aromatic nitrogens is 3. The summed E-state index contributed by atoms with van der Waals surface area (Å²) in [7, 11) is 1.61. The second kappa shape index (κ2) is 9.76. The number of carbonyl (C=O) groups is 1. The van der Waals surface area contributed by atoms with Crippen molar-refractivity contribution in [2.75, 3.05) is 18.1 Å². The van der Waals surface area contributed by atoms with Crippen molar-refractivity contribution in [1.29, 1.82) is 5.41 Å². The van der Waals surface area contributed by atoms with Crippen LogP contribution in [0.5, 0.6) is 0 Å². The van der Waals surface area contributed by atoms with Crippen LogP contribution in [0.15, 0.2) is 29.5 Å². The zero-order valence-electron chi connectivity index (χ0n) is 18.7. The molecule has 0 spiro atoms. The van der Waals surface area contributed by atoms with Crippen LogP contribution in [0.1, 0.15) is 42.8 Å². The Bertz CT molecular complexity index is 1170. The number of nitrogen functional groups attached to an aromatic ring is 1. The van der Waals surface area contributed by atoms with E-state index in [0.29, 0.717) is 22.1 Å². The molecular formula is C23H27ClN8O2. The first-order valence-corrected chi connectivity index (χ1v) is 11.4. The number of nitrogens with zero attached hydrogens (tertiary/aromatic N) is 4. The minimum Gasteiger partial charge on any atom is -0.481 e. The van der Waals surface area contributed by atoms with Crippen molar-refractivity contribution in [3.8, 4) is 0 Å². The van der Waals surface area contributed by atoms with E-state index in [1.54, 1.807) is 19.3 Å². The standard InChI is InChI=1S/C23H27ClN8O2/c1-28-9-13(8-25)16-7-17(31-20-12-4-2-11(3-5-12)18(20)23(33)34)32-22(30-16)19(26)15-6-14(24)10-29-21(15)27/h6-12,18,20,26H,2-5,25H2,1H3,(H2,27,29)(H,33,34)(H,30,31,32). The number of hydrogen-bond acceptors (Lipinski definition) is 9. The summed E-state index contributed by atoms with van der Waals surface area (Å²) in [5.74, 6) is -0.308. The van der Waals surface area contributed by atoms with Gasteiger partial charge in [-0.2, -0.15) is 0 Å². The van der Waals surface area contributed by atoms with Crippen LogP contribution in [-0.4, -0.2) is 51.0 Å². The van der Waals surface area contributed by atoms with Gasteiger partial charge in [0, 0.05) is 48.9 Å². The number of aliphatic carboxylic acids is 1. The summed E-state index contributed by atoms with van der Waals surface area (Å²) in [4.78, 5) is 29.2. The van der Waals surface area contributed by atoms with Gasteiger partial charge in [0.05, 0.1) is 16.6 Å². The molecule has 3 fully saturated rings. The summed E-state index contributed by atoms with van der Waals surface area (Å²) in [6.07, 6.45) is 8.14. The number of carboxylic acids is 1. The third-order valence-corrected chi connectivity index (χ3v) is 6.87. The van der Waals surface area contributed by atoms with E-state index in [9.17, 15) is 9.90 Å². The van der Waals surface area contributed by atoms with Gasteiger partial charge in [-0.05, 0) is 43.6 Å². The molecule has 2 heterocycles. The lowest BCUT2D eigenvalue weighted by Crippen LogP contribution is -2.51. The van der Waals surface area contributed by atoms with Crippen LogP contribution in [0.2, 0.25) is 5.02 Å². The Morgan fingerprint density at radius 1 is 1.26 bits per heavy atom. The van der Waals surface area contributed by atoms with Gasteiger partial charge in [0.1, 0.15) is 17.3 Å². The highest BCUT2D eigenvalue weighted by Crippen LogP contribution is 2.46. The largest absolute Gasteiger partial charge is 0.481 e. The number of pyridine rings is 1. The fourth-order valence-electron chi connectivity index (χ4n) is 5.07. The zero-order chi connectivity index (χ0) is 24.4. The number of nitrogens with two attached hydrogens (primary N) is 2. The number of fused-ring (bicyclic) bond motifs is 3. The van der Waals surface area contributed by atoms with Crippen molar-refractivity contribution >= 4 is 46.7 Å². The maximum atomic E-state index is 12.1. The predicted octanol–water partition coefficient (Wildman–Crippen LogP) is 2.82. The molecule has 2 bridgehead atoms. The summed E-state index contributed by atoms with van der Waals surface area (Å²) >= 11 is 6.07. The van der Waals surface area contributed by atoms with Gasteiger partial charge in [0.25, 0.3) is 0 Å². The summed E-state index contributed by atoms with van der Waals surface area (Å²) in [5.41, 5.74) is 13.0. The molecule has 0 aliphatic heterocycles. The quantitative estimate of drug-likeness (QED) is 0.374. The van der Waals surface area contributed by atoms with E-state index < -0.39 is 11.9 Å². The maximum absolute atomic E-state index is 12.1. The van der Waals surface area contributed by atoms with Crippen molar-refractivity contribution < 1.29 is 9.90 Å². The van der Waals surface area contributed by atoms with Crippen LogP contribution < -0.4 is 16.8 Å². The molecule has 2 atom stereocenters. The minimum atomic E-state index is -0.799. The van der Waals surface area contributed by atoms with E-state index in [1.807, 2.05) is 0 Å². The molecule has 3 saturated carbocycles. The first-order valence-electron chi connectivity index (χ1n) is 11.1. The summed E-state index contributed by atoms with van der Waals surface area (Å²) in [6.45, 7) is 0. The summed E-state index contributed by atoms with van der Waals surface area (Å²) < 4.78 is 0. The smallest absolute Gasteiger partial charge is 0.308 e. The number of carboxylic acid groups (broad SMARTS) is 1. The fraction of sp³-hybridized carbons (Fsp3) is 0.391. The molecule has 0 saturated heterocycles. The molecule has 7 N–H and O–H groups in total. The number of nitrogens with one attached hydrogen (secondary N) is 2. The highest BCUT2D eigenvalue weighted by molar-refractivity contribution is 6.31. The molecule has 2 aromatic heterocycles. The van der Waals surface area contributed by atoms with E-state index >= 15 is 0 Å². The number of anilines is 2. The van der Waals surface area contributed by atoms with Crippen molar-refractivity contribution in [2.24, 2.45) is 28.5 Å². The normalized spacial score (nSPS) is 24.4. The van der Waals surface area contributed by atoms with E-state index in [-0.39, 0.29) is 40.8 Å². The third kappa shape index (κ3) is 4.58. The van der Waals surface area contributed by atoms with Gasteiger partial charge in [0.15, 0.2) is 5.82 Å². The highest BCUT2D eigenvalue weighted by atomic mass is 35.5. The molecule has 3 aliphatic rings. The van der Waals surface area contributed by atoms with Gasteiger partial charge in [-0.3, -0.25) is 15.2 Å². The number of rotatable bonds is 7. The number of aliphatic imine (C=N–C) groups is 1. The van der Waals surface area contributed by atoms with Gasteiger partial charge >= 0.3 is 5.97 Å². The maximum Gasteiger partial charge on any atom is 0.308 e. The Morgan fingerprint density at radius 2 is 1.97 bits per heavy atom. The Labute approximate surface area is 202 Å². The topological polar surface area (TPSA) is 176 Å². The first kappa shape index (κ1) is 23.6. The molecule has 2 aromatic rings. The Kier molecular flexibility index (Phi) is 6.78. The Morgan fingerprint density at radius 3 is 2.62 bits per heavy atom. The molecule has 178 valence electrons. The van der Waals surface area contributed by atoms with E-state index in [0.717, 1.165) is 25.7 Å². The van der Waals surface area contributed by atoms with Gasteiger partial charge < -0.3 is 21.9 Å². The average molecular weight is 483 g/mol. The van der Waals surface area contributed by atoms with Crippen molar-refractivity contribution in [3.63, 3.8) is 0 Å². The Hall–Kier alpha value is -3.53. The van der Waals surface area contributed by atoms with Crippen molar-refractivity contribution in [2.45, 2.75) is 31.7 Å².